The topological polar surface area (TPSA) is 39.7 Å². The van der Waals surface area contributed by atoms with Crippen LogP contribution in [0.2, 0.25) is 0 Å². The van der Waals surface area contributed by atoms with Crippen molar-refractivity contribution in [2.45, 2.75) is 6.54 Å². The highest BCUT2D eigenvalue weighted by Gasteiger charge is 1.99. The average molecular weight is 222 g/mol. The van der Waals surface area contributed by atoms with E-state index in [9.17, 15) is 4.39 Å². The van der Waals surface area contributed by atoms with Gasteiger partial charge in [0.25, 0.3) is 5.11 Å². The second-order valence-corrected chi connectivity index (χ2v) is 2.86. The van der Waals surface area contributed by atoms with Gasteiger partial charge in [-0.25, -0.2) is 4.39 Å². The first-order chi connectivity index (χ1) is 5.70. The highest BCUT2D eigenvalue weighted by atomic mass is 35.5. The fraction of sp³-hybridized carbons (Fsp3) is 0.125. The van der Waals surface area contributed by atoms with Crippen LogP contribution in [0.25, 0.3) is 0 Å². The van der Waals surface area contributed by atoms with Gasteiger partial charge in [-0.15, -0.1) is 12.4 Å². The molecule has 0 atom stereocenters. The number of quaternary nitrogens is 1. The lowest BCUT2D eigenvalue weighted by molar-refractivity contribution is -0.215. The summed E-state index contributed by atoms with van der Waals surface area (Å²) >= 11 is 4.69. The molecular weight excluding hydrogens is 211 g/mol. The van der Waals surface area contributed by atoms with E-state index in [1.807, 2.05) is 0 Å². The fourth-order valence-electron chi connectivity index (χ4n) is 0.836. The minimum atomic E-state index is -0.221. The van der Waals surface area contributed by atoms with Crippen LogP contribution in [0, 0.1) is 5.82 Å². The third-order valence-electron chi connectivity index (χ3n) is 1.43. The van der Waals surface area contributed by atoms with E-state index in [0.717, 1.165) is 0 Å². The lowest BCUT2D eigenvalue weighted by Gasteiger charge is -2.01. The zero-order valence-corrected chi connectivity index (χ0v) is 8.55. The van der Waals surface area contributed by atoms with E-state index in [1.54, 1.807) is 18.2 Å². The standard InChI is InChI=1S/C8H9FN2S.ClH/c9-7-4-2-1-3-6(7)5-11-8(10)12;/h1-4H,5H2,(H3,10,11,12);1H/p+1. The van der Waals surface area contributed by atoms with Crippen LogP contribution in [0.15, 0.2) is 24.3 Å². The molecule has 0 heterocycles. The lowest BCUT2D eigenvalue weighted by atomic mass is 10.2. The summed E-state index contributed by atoms with van der Waals surface area (Å²) in [6, 6.07) is 6.57. The van der Waals surface area contributed by atoms with Crippen LogP contribution < -0.4 is 11.1 Å². The summed E-state index contributed by atoms with van der Waals surface area (Å²) in [5.74, 6) is -0.221. The van der Waals surface area contributed by atoms with E-state index in [1.165, 1.54) is 6.07 Å². The molecule has 0 fully saturated rings. The van der Waals surface area contributed by atoms with Crippen molar-refractivity contribution in [2.75, 3.05) is 0 Å². The van der Waals surface area contributed by atoms with Crippen molar-refractivity contribution in [3.63, 3.8) is 0 Å². The fourth-order valence-corrected chi connectivity index (χ4v) is 0.908. The predicted octanol–water partition coefficient (Wildman–Crippen LogP) is 0.864. The third kappa shape index (κ3) is 4.17. The van der Waals surface area contributed by atoms with Gasteiger partial charge in [-0.05, 0) is 6.07 Å². The number of rotatable bonds is 2. The van der Waals surface area contributed by atoms with Crippen molar-refractivity contribution >= 4 is 29.7 Å². The maximum Gasteiger partial charge on any atom is 0.265 e. The van der Waals surface area contributed by atoms with E-state index in [-0.39, 0.29) is 18.2 Å². The number of hydrogen-bond acceptors (Lipinski definition) is 1. The molecule has 5 heteroatoms. The maximum absolute atomic E-state index is 12.9. The molecule has 0 spiro atoms. The first-order valence-corrected chi connectivity index (χ1v) is 3.94. The van der Waals surface area contributed by atoms with Crippen molar-refractivity contribution in [3.05, 3.63) is 35.6 Å². The Hall–Kier alpha value is -0.710. The predicted molar refractivity (Wildman–Crippen MR) is 56.0 cm³/mol. The SMILES string of the molecule is Cl.[NH3+]C(=S)NCc1ccccc1F. The van der Waals surface area contributed by atoms with Crippen LogP contribution in [-0.2, 0) is 6.54 Å². The van der Waals surface area contributed by atoms with Gasteiger partial charge < -0.3 is 11.1 Å². The minimum absolute atomic E-state index is 0. The number of nitrogens with one attached hydrogen (secondary N) is 1. The zero-order valence-electron chi connectivity index (χ0n) is 6.92. The van der Waals surface area contributed by atoms with Crippen molar-refractivity contribution in [2.24, 2.45) is 0 Å². The Kier molecular flexibility index (Phi) is 5.53. The molecule has 0 saturated heterocycles. The molecule has 1 rings (SSSR count). The van der Waals surface area contributed by atoms with Crippen molar-refractivity contribution in [3.8, 4) is 0 Å². The number of thiocarbonyl (C=S) groups is 1. The summed E-state index contributed by atoms with van der Waals surface area (Å²) in [6.45, 7) is 0.398. The number of benzene rings is 1. The first-order valence-electron chi connectivity index (χ1n) is 3.53. The van der Waals surface area contributed by atoms with Gasteiger partial charge in [0.15, 0.2) is 0 Å². The van der Waals surface area contributed by atoms with E-state index in [0.29, 0.717) is 17.2 Å². The van der Waals surface area contributed by atoms with Crippen molar-refractivity contribution < 1.29 is 10.1 Å². The molecule has 0 aliphatic heterocycles. The van der Waals surface area contributed by atoms with Crippen molar-refractivity contribution in [1.82, 2.24) is 5.32 Å². The Morgan fingerprint density at radius 1 is 1.46 bits per heavy atom. The quantitative estimate of drug-likeness (QED) is 0.728. The maximum atomic E-state index is 12.9. The number of halogens is 2. The second kappa shape index (κ2) is 5.85. The molecule has 1 aromatic carbocycles. The van der Waals surface area contributed by atoms with Crippen LogP contribution in [0.1, 0.15) is 5.56 Å². The Bertz CT molecular complexity index is 293. The lowest BCUT2D eigenvalue weighted by Crippen LogP contribution is -2.62. The van der Waals surface area contributed by atoms with E-state index < -0.39 is 0 Å². The van der Waals surface area contributed by atoms with Gasteiger partial charge >= 0.3 is 0 Å². The molecule has 0 amide bonds. The summed E-state index contributed by atoms with van der Waals surface area (Å²) in [5.41, 5.74) is 4.08. The Balaban J connectivity index is 0.00000144. The Labute approximate surface area is 87.7 Å². The molecule has 0 aliphatic carbocycles. The zero-order chi connectivity index (χ0) is 8.97. The molecule has 1 aromatic rings. The summed E-state index contributed by atoms with van der Waals surface area (Å²) in [5, 5.41) is 3.21. The Morgan fingerprint density at radius 2 is 2.08 bits per heavy atom. The molecule has 0 aromatic heterocycles. The van der Waals surface area contributed by atoms with Crippen LogP contribution in [-0.4, -0.2) is 5.11 Å². The molecule has 0 bridgehead atoms. The molecule has 4 N–H and O–H groups in total. The minimum Gasteiger partial charge on any atom is -0.327 e. The van der Waals surface area contributed by atoms with E-state index >= 15 is 0 Å². The van der Waals surface area contributed by atoms with Gasteiger partial charge in [0, 0.05) is 24.3 Å². The average Bonchev–Trinajstić information content (AvgIpc) is 2.03. The highest BCUT2D eigenvalue weighted by molar-refractivity contribution is 7.79. The third-order valence-corrected chi connectivity index (χ3v) is 1.58. The largest absolute Gasteiger partial charge is 0.327 e. The van der Waals surface area contributed by atoms with E-state index in [4.69, 9.17) is 12.2 Å². The van der Waals surface area contributed by atoms with Gasteiger partial charge in [0.1, 0.15) is 5.82 Å². The Morgan fingerprint density at radius 3 is 2.62 bits per heavy atom. The van der Waals surface area contributed by atoms with Gasteiger partial charge in [0.05, 0.1) is 0 Å². The molecule has 72 valence electrons. The first kappa shape index (κ1) is 12.3. The van der Waals surface area contributed by atoms with Gasteiger partial charge in [-0.3, -0.25) is 0 Å². The van der Waals surface area contributed by atoms with Crippen LogP contribution in [0.3, 0.4) is 0 Å². The smallest absolute Gasteiger partial charge is 0.265 e. The van der Waals surface area contributed by atoms with Gasteiger partial charge in [-0.2, -0.15) is 0 Å². The van der Waals surface area contributed by atoms with E-state index in [2.05, 4.69) is 11.1 Å². The van der Waals surface area contributed by atoms with Crippen LogP contribution in [0.4, 0.5) is 4.39 Å². The number of hydrogen-bond donors (Lipinski definition) is 2. The molecular formula is C8H11ClFN2S+. The molecule has 0 saturated carbocycles. The van der Waals surface area contributed by atoms with Crippen LogP contribution >= 0.6 is 24.6 Å². The molecule has 2 nitrogen and oxygen atoms in total. The monoisotopic (exact) mass is 221 g/mol. The summed E-state index contributed by atoms with van der Waals surface area (Å²) in [7, 11) is 0. The summed E-state index contributed by atoms with van der Waals surface area (Å²) < 4.78 is 12.9. The molecule has 13 heavy (non-hydrogen) atoms. The second-order valence-electron chi connectivity index (χ2n) is 2.37. The van der Waals surface area contributed by atoms with Crippen LogP contribution in [0.5, 0.6) is 0 Å². The van der Waals surface area contributed by atoms with Gasteiger partial charge in [-0.1, -0.05) is 18.2 Å². The summed E-state index contributed by atoms with van der Waals surface area (Å²) in [6.07, 6.45) is 0. The molecule has 0 aliphatic rings. The molecule has 0 radical (unpaired) electrons. The summed E-state index contributed by atoms with van der Waals surface area (Å²) in [4.78, 5) is 0. The molecule has 0 unspecified atom stereocenters. The van der Waals surface area contributed by atoms with Crippen molar-refractivity contribution in [1.29, 1.82) is 0 Å². The highest BCUT2D eigenvalue weighted by Crippen LogP contribution is 2.04. The normalized spacial score (nSPS) is 8.77. The van der Waals surface area contributed by atoms with Gasteiger partial charge in [0.2, 0.25) is 0 Å².